The first-order valence-electron chi connectivity index (χ1n) is 4.88. The van der Waals surface area contributed by atoms with Gasteiger partial charge in [0.25, 0.3) is 0 Å². The standard InChI is InChI=1S/C12H7BrFNO3/c13-9-2-1-8(14)6-10(9)18-11-5-7(12(16)17)3-4-15-11/h1-6H,(H,16,17). The summed E-state index contributed by atoms with van der Waals surface area (Å²) in [4.78, 5) is 14.6. The van der Waals surface area contributed by atoms with Crippen LogP contribution < -0.4 is 4.74 Å². The van der Waals surface area contributed by atoms with Gasteiger partial charge in [-0.2, -0.15) is 0 Å². The maximum Gasteiger partial charge on any atom is 0.335 e. The molecule has 0 aliphatic carbocycles. The molecule has 0 unspecified atom stereocenters. The minimum Gasteiger partial charge on any atom is -0.478 e. The Morgan fingerprint density at radius 3 is 2.83 bits per heavy atom. The first-order chi connectivity index (χ1) is 8.56. The Morgan fingerprint density at radius 2 is 2.11 bits per heavy atom. The Bertz CT molecular complexity index is 604. The average Bonchev–Trinajstić information content (AvgIpc) is 2.34. The normalized spacial score (nSPS) is 10.1. The van der Waals surface area contributed by atoms with E-state index in [2.05, 4.69) is 20.9 Å². The molecule has 18 heavy (non-hydrogen) atoms. The van der Waals surface area contributed by atoms with Crippen molar-refractivity contribution in [2.24, 2.45) is 0 Å². The third-order valence-corrected chi connectivity index (χ3v) is 2.74. The lowest BCUT2D eigenvalue weighted by atomic mass is 10.3. The Morgan fingerprint density at radius 1 is 1.33 bits per heavy atom. The summed E-state index contributed by atoms with van der Waals surface area (Å²) in [6, 6.07) is 6.55. The van der Waals surface area contributed by atoms with Gasteiger partial charge in [-0.1, -0.05) is 0 Å². The second kappa shape index (κ2) is 5.14. The van der Waals surface area contributed by atoms with E-state index in [0.29, 0.717) is 4.47 Å². The number of carbonyl (C=O) groups is 1. The van der Waals surface area contributed by atoms with E-state index in [1.165, 1.54) is 36.5 Å². The van der Waals surface area contributed by atoms with Crippen LogP contribution in [0.3, 0.4) is 0 Å². The number of halogens is 2. The summed E-state index contributed by atoms with van der Waals surface area (Å²) in [5.74, 6) is -1.23. The van der Waals surface area contributed by atoms with Crippen molar-refractivity contribution in [1.29, 1.82) is 0 Å². The number of aromatic nitrogens is 1. The van der Waals surface area contributed by atoms with E-state index in [-0.39, 0.29) is 17.2 Å². The molecule has 0 saturated heterocycles. The second-order valence-corrected chi connectivity index (χ2v) is 4.22. The first-order valence-corrected chi connectivity index (χ1v) is 5.68. The summed E-state index contributed by atoms with van der Waals surface area (Å²) in [6.45, 7) is 0. The molecular weight excluding hydrogens is 305 g/mol. The van der Waals surface area contributed by atoms with Crippen LogP contribution in [0.4, 0.5) is 4.39 Å². The fourth-order valence-corrected chi connectivity index (χ4v) is 1.59. The van der Waals surface area contributed by atoms with Crippen molar-refractivity contribution in [2.45, 2.75) is 0 Å². The van der Waals surface area contributed by atoms with E-state index in [9.17, 15) is 9.18 Å². The van der Waals surface area contributed by atoms with Gasteiger partial charge in [-0.15, -0.1) is 0 Å². The number of hydrogen-bond acceptors (Lipinski definition) is 3. The van der Waals surface area contributed by atoms with Gasteiger partial charge in [-0.3, -0.25) is 0 Å². The van der Waals surface area contributed by atoms with Crippen LogP contribution in [0.15, 0.2) is 41.0 Å². The lowest BCUT2D eigenvalue weighted by Gasteiger charge is -2.07. The number of carboxylic acids is 1. The lowest BCUT2D eigenvalue weighted by molar-refractivity contribution is 0.0696. The molecular formula is C12H7BrFNO3. The molecule has 0 aliphatic rings. The zero-order chi connectivity index (χ0) is 13.1. The quantitative estimate of drug-likeness (QED) is 0.943. The Labute approximate surface area is 110 Å². The molecule has 0 bridgehead atoms. The fraction of sp³-hybridized carbons (Fsp3) is 0. The lowest BCUT2D eigenvalue weighted by Crippen LogP contribution is -1.98. The molecule has 0 atom stereocenters. The first kappa shape index (κ1) is 12.5. The Kier molecular flexibility index (Phi) is 3.57. The molecule has 0 aliphatic heterocycles. The zero-order valence-corrected chi connectivity index (χ0v) is 10.5. The summed E-state index contributed by atoms with van der Waals surface area (Å²) in [6.07, 6.45) is 1.31. The number of hydrogen-bond donors (Lipinski definition) is 1. The number of pyridine rings is 1. The molecule has 1 aromatic carbocycles. The van der Waals surface area contributed by atoms with Crippen LogP contribution in [0, 0.1) is 5.82 Å². The number of aromatic carboxylic acids is 1. The van der Waals surface area contributed by atoms with Gasteiger partial charge < -0.3 is 9.84 Å². The molecule has 1 N–H and O–H groups in total. The molecule has 0 amide bonds. The summed E-state index contributed by atoms with van der Waals surface area (Å²) in [5.41, 5.74) is 0.0486. The van der Waals surface area contributed by atoms with Crippen LogP contribution in [0.2, 0.25) is 0 Å². The van der Waals surface area contributed by atoms with Crippen molar-refractivity contribution in [1.82, 2.24) is 4.98 Å². The molecule has 1 heterocycles. The van der Waals surface area contributed by atoms with Gasteiger partial charge in [0.2, 0.25) is 5.88 Å². The van der Waals surface area contributed by atoms with Gasteiger partial charge in [0.1, 0.15) is 11.6 Å². The minimum absolute atomic E-state index is 0.0486. The topological polar surface area (TPSA) is 59.4 Å². The van der Waals surface area contributed by atoms with Crippen LogP contribution in [-0.2, 0) is 0 Å². The molecule has 92 valence electrons. The highest BCUT2D eigenvalue weighted by Crippen LogP contribution is 2.29. The highest BCUT2D eigenvalue weighted by atomic mass is 79.9. The average molecular weight is 312 g/mol. The van der Waals surface area contributed by atoms with E-state index < -0.39 is 11.8 Å². The van der Waals surface area contributed by atoms with Crippen LogP contribution in [-0.4, -0.2) is 16.1 Å². The Balaban J connectivity index is 2.31. The summed E-state index contributed by atoms with van der Waals surface area (Å²) >= 11 is 3.20. The van der Waals surface area contributed by atoms with Crippen molar-refractivity contribution in [3.05, 3.63) is 52.4 Å². The number of carboxylic acid groups (broad SMARTS) is 1. The van der Waals surface area contributed by atoms with E-state index >= 15 is 0 Å². The minimum atomic E-state index is -1.08. The van der Waals surface area contributed by atoms with Gasteiger partial charge in [0.05, 0.1) is 10.0 Å². The zero-order valence-electron chi connectivity index (χ0n) is 8.93. The monoisotopic (exact) mass is 311 g/mol. The van der Waals surface area contributed by atoms with E-state index in [0.717, 1.165) is 0 Å². The molecule has 6 heteroatoms. The molecule has 0 spiro atoms. The van der Waals surface area contributed by atoms with Gasteiger partial charge in [-0.05, 0) is 34.1 Å². The predicted molar refractivity (Wildman–Crippen MR) is 65.4 cm³/mol. The van der Waals surface area contributed by atoms with E-state index in [1.54, 1.807) is 0 Å². The molecule has 4 nitrogen and oxygen atoms in total. The van der Waals surface area contributed by atoms with Crippen molar-refractivity contribution >= 4 is 21.9 Å². The van der Waals surface area contributed by atoms with Crippen LogP contribution in [0.5, 0.6) is 11.6 Å². The number of benzene rings is 1. The third-order valence-electron chi connectivity index (χ3n) is 2.09. The molecule has 0 fully saturated rings. The molecule has 1 aromatic heterocycles. The number of rotatable bonds is 3. The highest BCUT2D eigenvalue weighted by Gasteiger charge is 2.08. The molecule has 2 aromatic rings. The largest absolute Gasteiger partial charge is 0.478 e. The van der Waals surface area contributed by atoms with E-state index in [4.69, 9.17) is 9.84 Å². The summed E-state index contributed by atoms with van der Waals surface area (Å²) in [7, 11) is 0. The molecule has 2 rings (SSSR count). The van der Waals surface area contributed by atoms with Gasteiger partial charge in [-0.25, -0.2) is 14.2 Å². The smallest absolute Gasteiger partial charge is 0.335 e. The molecule has 0 saturated carbocycles. The van der Waals surface area contributed by atoms with Crippen molar-refractivity contribution in [3.8, 4) is 11.6 Å². The van der Waals surface area contributed by atoms with Crippen LogP contribution in [0.25, 0.3) is 0 Å². The summed E-state index contributed by atoms with van der Waals surface area (Å²) in [5, 5.41) is 8.82. The second-order valence-electron chi connectivity index (χ2n) is 3.36. The SMILES string of the molecule is O=C(O)c1ccnc(Oc2cc(F)ccc2Br)c1. The predicted octanol–water partition coefficient (Wildman–Crippen LogP) is 3.47. The van der Waals surface area contributed by atoms with Gasteiger partial charge in [0, 0.05) is 18.3 Å². The van der Waals surface area contributed by atoms with Crippen molar-refractivity contribution in [2.75, 3.05) is 0 Å². The van der Waals surface area contributed by atoms with Gasteiger partial charge >= 0.3 is 5.97 Å². The molecule has 0 radical (unpaired) electrons. The number of nitrogens with zero attached hydrogens (tertiary/aromatic N) is 1. The number of ether oxygens (including phenoxy) is 1. The highest BCUT2D eigenvalue weighted by molar-refractivity contribution is 9.10. The van der Waals surface area contributed by atoms with Gasteiger partial charge in [0.15, 0.2) is 0 Å². The van der Waals surface area contributed by atoms with E-state index in [1.807, 2.05) is 0 Å². The third kappa shape index (κ3) is 2.84. The summed E-state index contributed by atoms with van der Waals surface area (Å²) < 4.78 is 18.9. The fourth-order valence-electron chi connectivity index (χ4n) is 1.27. The van der Waals surface area contributed by atoms with Crippen LogP contribution in [0.1, 0.15) is 10.4 Å². The van der Waals surface area contributed by atoms with Crippen molar-refractivity contribution in [3.63, 3.8) is 0 Å². The Hall–Kier alpha value is -1.95. The maximum absolute atomic E-state index is 13.0. The van der Waals surface area contributed by atoms with Crippen molar-refractivity contribution < 1.29 is 19.0 Å². The van der Waals surface area contributed by atoms with Crippen LogP contribution >= 0.6 is 15.9 Å². The maximum atomic E-state index is 13.0.